The Kier molecular flexibility index (Phi) is 4.05. The number of nitro benzene ring substituents is 1. The second-order valence-corrected chi connectivity index (χ2v) is 3.92. The SMILES string of the molecule is CCOC(=O)C=Cc1ccc([N+](=O)[O-])c2cccnc12. The van der Waals surface area contributed by atoms with Crippen molar-refractivity contribution in [1.29, 1.82) is 0 Å². The van der Waals surface area contributed by atoms with E-state index in [0.29, 0.717) is 23.1 Å². The minimum atomic E-state index is -0.463. The summed E-state index contributed by atoms with van der Waals surface area (Å²) in [4.78, 5) is 25.9. The molecule has 1 aromatic carbocycles. The van der Waals surface area contributed by atoms with Gasteiger partial charge in [-0.2, -0.15) is 0 Å². The van der Waals surface area contributed by atoms with Crippen LogP contribution in [0.25, 0.3) is 17.0 Å². The summed E-state index contributed by atoms with van der Waals surface area (Å²) in [5, 5.41) is 11.4. The number of nitrogens with zero attached hydrogens (tertiary/aromatic N) is 2. The van der Waals surface area contributed by atoms with Crippen LogP contribution in [-0.4, -0.2) is 22.5 Å². The molecule has 6 nitrogen and oxygen atoms in total. The van der Waals surface area contributed by atoms with Crippen LogP contribution in [0.5, 0.6) is 0 Å². The first-order chi connectivity index (χ1) is 9.63. The maximum absolute atomic E-state index is 11.3. The summed E-state index contributed by atoms with van der Waals surface area (Å²) >= 11 is 0. The zero-order chi connectivity index (χ0) is 14.5. The summed E-state index contributed by atoms with van der Waals surface area (Å²) in [5.74, 6) is -0.463. The summed E-state index contributed by atoms with van der Waals surface area (Å²) in [6, 6.07) is 6.22. The molecule has 0 aliphatic rings. The van der Waals surface area contributed by atoms with Crippen LogP contribution in [0, 0.1) is 10.1 Å². The molecule has 0 spiro atoms. The molecular formula is C14H12N2O4. The molecule has 2 aromatic rings. The molecule has 0 aliphatic carbocycles. The molecule has 0 unspecified atom stereocenters. The van der Waals surface area contributed by atoms with Gasteiger partial charge < -0.3 is 4.74 Å². The number of rotatable bonds is 4. The van der Waals surface area contributed by atoms with E-state index < -0.39 is 10.9 Å². The minimum absolute atomic E-state index is 0.0126. The van der Waals surface area contributed by atoms with Crippen molar-refractivity contribution in [3.63, 3.8) is 0 Å². The molecule has 0 amide bonds. The van der Waals surface area contributed by atoms with Crippen molar-refractivity contribution < 1.29 is 14.5 Å². The first-order valence-corrected chi connectivity index (χ1v) is 6.00. The summed E-state index contributed by atoms with van der Waals surface area (Å²) in [5.41, 5.74) is 1.09. The van der Waals surface area contributed by atoms with Crippen molar-refractivity contribution in [2.45, 2.75) is 6.92 Å². The van der Waals surface area contributed by atoms with Gasteiger partial charge in [0.25, 0.3) is 5.69 Å². The lowest BCUT2D eigenvalue weighted by molar-refractivity contribution is -0.383. The summed E-state index contributed by atoms with van der Waals surface area (Å²) in [6.07, 6.45) is 4.36. The van der Waals surface area contributed by atoms with Crippen LogP contribution >= 0.6 is 0 Å². The lowest BCUT2D eigenvalue weighted by Gasteiger charge is -2.02. The Morgan fingerprint density at radius 2 is 2.25 bits per heavy atom. The molecule has 1 aromatic heterocycles. The van der Waals surface area contributed by atoms with Crippen LogP contribution in [0.1, 0.15) is 12.5 Å². The van der Waals surface area contributed by atoms with Crippen molar-refractivity contribution in [3.8, 4) is 0 Å². The highest BCUT2D eigenvalue weighted by Crippen LogP contribution is 2.27. The molecule has 0 saturated carbocycles. The van der Waals surface area contributed by atoms with Crippen molar-refractivity contribution in [2.75, 3.05) is 6.61 Å². The van der Waals surface area contributed by atoms with E-state index in [2.05, 4.69) is 4.98 Å². The van der Waals surface area contributed by atoms with Crippen LogP contribution in [0.3, 0.4) is 0 Å². The molecule has 0 radical (unpaired) electrons. The van der Waals surface area contributed by atoms with Crippen molar-refractivity contribution in [2.24, 2.45) is 0 Å². The Balaban J connectivity index is 2.48. The highest BCUT2D eigenvalue weighted by Gasteiger charge is 2.13. The number of non-ortho nitro benzene ring substituents is 1. The van der Waals surface area contributed by atoms with Crippen molar-refractivity contribution in [3.05, 3.63) is 52.2 Å². The van der Waals surface area contributed by atoms with E-state index >= 15 is 0 Å². The van der Waals surface area contributed by atoms with Crippen molar-refractivity contribution in [1.82, 2.24) is 4.98 Å². The third-order valence-electron chi connectivity index (χ3n) is 2.66. The van der Waals surface area contributed by atoms with Gasteiger partial charge in [-0.1, -0.05) is 0 Å². The second kappa shape index (κ2) is 5.92. The maximum Gasteiger partial charge on any atom is 0.330 e. The minimum Gasteiger partial charge on any atom is -0.463 e. The third-order valence-corrected chi connectivity index (χ3v) is 2.66. The lowest BCUT2D eigenvalue weighted by Crippen LogP contribution is -1.99. The number of ether oxygens (including phenoxy) is 1. The van der Waals surface area contributed by atoms with Crippen LogP contribution in [0.4, 0.5) is 5.69 Å². The molecule has 2 rings (SSSR count). The predicted molar refractivity (Wildman–Crippen MR) is 74.1 cm³/mol. The number of esters is 1. The predicted octanol–water partition coefficient (Wildman–Crippen LogP) is 2.72. The van der Waals surface area contributed by atoms with Gasteiger partial charge in [-0.3, -0.25) is 15.1 Å². The topological polar surface area (TPSA) is 82.3 Å². The van der Waals surface area contributed by atoms with Crippen LogP contribution in [-0.2, 0) is 9.53 Å². The Labute approximate surface area is 114 Å². The zero-order valence-electron chi connectivity index (χ0n) is 10.8. The smallest absolute Gasteiger partial charge is 0.330 e. The Morgan fingerprint density at radius 1 is 1.45 bits per heavy atom. The first-order valence-electron chi connectivity index (χ1n) is 6.00. The van der Waals surface area contributed by atoms with E-state index in [0.717, 1.165) is 0 Å². The zero-order valence-corrected chi connectivity index (χ0v) is 10.8. The average molecular weight is 272 g/mol. The van der Waals surface area contributed by atoms with E-state index in [-0.39, 0.29) is 5.69 Å². The number of carbonyl (C=O) groups excluding carboxylic acids is 1. The molecule has 0 saturated heterocycles. The van der Waals surface area contributed by atoms with Crippen LogP contribution in [0.2, 0.25) is 0 Å². The van der Waals surface area contributed by atoms with Gasteiger partial charge in [-0.15, -0.1) is 0 Å². The third kappa shape index (κ3) is 2.80. The van der Waals surface area contributed by atoms with Gasteiger partial charge in [-0.05, 0) is 31.2 Å². The quantitative estimate of drug-likeness (QED) is 0.370. The fraction of sp³-hybridized carbons (Fsp3) is 0.143. The largest absolute Gasteiger partial charge is 0.463 e. The Hall–Kier alpha value is -2.76. The molecule has 6 heteroatoms. The Bertz CT molecular complexity index is 695. The van der Waals surface area contributed by atoms with Gasteiger partial charge in [0.1, 0.15) is 0 Å². The fourth-order valence-electron chi connectivity index (χ4n) is 1.82. The molecule has 20 heavy (non-hydrogen) atoms. The molecule has 1 heterocycles. The number of carbonyl (C=O) groups is 1. The second-order valence-electron chi connectivity index (χ2n) is 3.92. The van der Waals surface area contributed by atoms with E-state index in [4.69, 9.17) is 4.74 Å². The maximum atomic E-state index is 11.3. The molecule has 0 fully saturated rings. The van der Waals surface area contributed by atoms with Crippen molar-refractivity contribution >= 4 is 28.6 Å². The van der Waals surface area contributed by atoms with Gasteiger partial charge in [-0.25, -0.2) is 4.79 Å². The molecule has 0 bridgehead atoms. The number of pyridine rings is 1. The van der Waals surface area contributed by atoms with Gasteiger partial charge >= 0.3 is 5.97 Å². The van der Waals surface area contributed by atoms with E-state index in [1.54, 1.807) is 31.3 Å². The van der Waals surface area contributed by atoms with Crippen LogP contribution < -0.4 is 0 Å². The molecular weight excluding hydrogens is 260 g/mol. The number of hydrogen-bond acceptors (Lipinski definition) is 5. The van der Waals surface area contributed by atoms with Gasteiger partial charge in [0.15, 0.2) is 0 Å². The first kappa shape index (κ1) is 13.7. The Morgan fingerprint density at radius 3 is 2.95 bits per heavy atom. The van der Waals surface area contributed by atoms with E-state index in [1.807, 2.05) is 0 Å². The number of fused-ring (bicyclic) bond motifs is 1. The van der Waals surface area contributed by atoms with Gasteiger partial charge in [0, 0.05) is 23.9 Å². The molecule has 0 aliphatic heterocycles. The number of aromatic nitrogens is 1. The highest BCUT2D eigenvalue weighted by atomic mass is 16.6. The van der Waals surface area contributed by atoms with Crippen LogP contribution in [0.15, 0.2) is 36.5 Å². The van der Waals surface area contributed by atoms with E-state index in [1.165, 1.54) is 18.2 Å². The standard InChI is InChI=1S/C14H12N2O4/c1-2-20-13(17)8-6-10-5-7-12(16(18)19)11-4-3-9-15-14(10)11/h3-9H,2H2,1H3. The van der Waals surface area contributed by atoms with E-state index in [9.17, 15) is 14.9 Å². The fourth-order valence-corrected chi connectivity index (χ4v) is 1.82. The number of benzene rings is 1. The van der Waals surface area contributed by atoms with Gasteiger partial charge in [0.2, 0.25) is 0 Å². The number of hydrogen-bond donors (Lipinski definition) is 0. The molecule has 0 N–H and O–H groups in total. The summed E-state index contributed by atoms with van der Waals surface area (Å²) < 4.78 is 4.78. The summed E-state index contributed by atoms with van der Waals surface area (Å²) in [7, 11) is 0. The lowest BCUT2D eigenvalue weighted by atomic mass is 10.1. The molecule has 0 atom stereocenters. The number of nitro groups is 1. The highest BCUT2D eigenvalue weighted by molar-refractivity contribution is 5.96. The molecule has 102 valence electrons. The summed E-state index contributed by atoms with van der Waals surface area (Å²) in [6.45, 7) is 2.01. The monoisotopic (exact) mass is 272 g/mol. The average Bonchev–Trinajstić information content (AvgIpc) is 2.44. The normalized spacial score (nSPS) is 10.8. The van der Waals surface area contributed by atoms with Gasteiger partial charge in [0.05, 0.1) is 22.4 Å².